The summed E-state index contributed by atoms with van der Waals surface area (Å²) in [5.41, 5.74) is 1.40. The van der Waals surface area contributed by atoms with Crippen LogP contribution < -0.4 is 28.5 Å². The Kier molecular flexibility index (Phi) is 5.64. The lowest BCUT2D eigenvalue weighted by atomic mass is 10.1. The van der Waals surface area contributed by atoms with Crippen LogP contribution in [0.3, 0.4) is 0 Å². The van der Waals surface area contributed by atoms with Gasteiger partial charge in [0.1, 0.15) is 7.05 Å². The Hall–Kier alpha value is -1.89. The van der Waals surface area contributed by atoms with Gasteiger partial charge in [-0.3, -0.25) is 0 Å². The van der Waals surface area contributed by atoms with Gasteiger partial charge in [0, 0.05) is 23.6 Å². The Balaban J connectivity index is 0.00000208. The minimum atomic E-state index is -4.35. The number of rotatable bonds is 2. The van der Waals surface area contributed by atoms with Gasteiger partial charge in [-0.25, -0.2) is 0 Å². The zero-order valence-electron chi connectivity index (χ0n) is 12.9. The molecule has 0 aliphatic heterocycles. The van der Waals surface area contributed by atoms with Crippen LogP contribution in [-0.2, 0) is 13.2 Å². The van der Waals surface area contributed by atoms with Gasteiger partial charge in [-0.15, -0.1) is 0 Å². The SMILES string of the molecule is C[n+]1c(/C=C/c2ccccc2C(F)(F)F)ccc2ccccc21.[I-]. The fourth-order valence-corrected chi connectivity index (χ4v) is 2.60. The van der Waals surface area contributed by atoms with Gasteiger partial charge >= 0.3 is 6.18 Å². The number of pyridine rings is 1. The summed E-state index contributed by atoms with van der Waals surface area (Å²) in [4.78, 5) is 0. The summed E-state index contributed by atoms with van der Waals surface area (Å²) < 4.78 is 41.0. The fourth-order valence-electron chi connectivity index (χ4n) is 2.60. The zero-order chi connectivity index (χ0) is 16.4. The zero-order valence-corrected chi connectivity index (χ0v) is 15.0. The molecular weight excluding hydrogens is 426 g/mol. The normalized spacial score (nSPS) is 11.7. The molecule has 0 aliphatic carbocycles. The standard InChI is InChI=1S/C19H15F3N.HI/c1-23-16(13-11-15-7-3-5-9-18(15)23)12-10-14-6-2-4-8-17(14)19(20,21)22;/h2-13H,1H3;1H/q+1;/p-1/b12-10+;. The van der Waals surface area contributed by atoms with Crippen LogP contribution in [0.5, 0.6) is 0 Å². The predicted octanol–water partition coefficient (Wildman–Crippen LogP) is 1.86. The molecule has 2 aromatic carbocycles. The van der Waals surface area contributed by atoms with Crippen molar-refractivity contribution in [2.75, 3.05) is 0 Å². The Morgan fingerprint density at radius 3 is 2.25 bits per heavy atom. The molecule has 0 spiro atoms. The van der Waals surface area contributed by atoms with Crippen molar-refractivity contribution < 1.29 is 41.7 Å². The molecule has 3 aromatic rings. The molecule has 0 bridgehead atoms. The minimum absolute atomic E-state index is 0. The quantitative estimate of drug-likeness (QED) is 0.423. The second-order valence-electron chi connectivity index (χ2n) is 5.29. The van der Waals surface area contributed by atoms with Crippen LogP contribution in [0.1, 0.15) is 16.8 Å². The van der Waals surface area contributed by atoms with Crippen molar-refractivity contribution in [3.05, 3.63) is 77.5 Å². The van der Waals surface area contributed by atoms with E-state index in [4.69, 9.17) is 0 Å². The van der Waals surface area contributed by atoms with Gasteiger partial charge in [0.05, 0.1) is 5.56 Å². The molecule has 0 radical (unpaired) electrons. The number of halogens is 4. The highest BCUT2D eigenvalue weighted by Crippen LogP contribution is 2.32. The van der Waals surface area contributed by atoms with Crippen LogP contribution in [-0.4, -0.2) is 0 Å². The number of hydrogen-bond acceptors (Lipinski definition) is 0. The second kappa shape index (κ2) is 7.34. The number of fused-ring (bicyclic) bond motifs is 1. The molecule has 0 aliphatic rings. The molecule has 0 fully saturated rings. The first-order valence-corrected chi connectivity index (χ1v) is 7.19. The maximum absolute atomic E-state index is 13.0. The summed E-state index contributed by atoms with van der Waals surface area (Å²) in [5.74, 6) is 0. The third-order valence-corrected chi connectivity index (χ3v) is 3.82. The average molecular weight is 441 g/mol. The topological polar surface area (TPSA) is 3.88 Å². The number of hydrogen-bond donors (Lipinski definition) is 0. The second-order valence-corrected chi connectivity index (χ2v) is 5.29. The van der Waals surface area contributed by atoms with Gasteiger partial charge in [0.25, 0.3) is 0 Å². The molecule has 1 heterocycles. The van der Waals surface area contributed by atoms with E-state index in [1.54, 1.807) is 12.1 Å². The molecule has 3 rings (SSSR count). The predicted molar refractivity (Wildman–Crippen MR) is 85.5 cm³/mol. The first-order valence-electron chi connectivity index (χ1n) is 7.19. The summed E-state index contributed by atoms with van der Waals surface area (Å²) >= 11 is 0. The van der Waals surface area contributed by atoms with Crippen LogP contribution in [0.25, 0.3) is 23.1 Å². The van der Waals surface area contributed by atoms with Crippen molar-refractivity contribution in [1.29, 1.82) is 0 Å². The van der Waals surface area contributed by atoms with E-state index in [0.29, 0.717) is 0 Å². The number of nitrogens with zero attached hydrogens (tertiary/aromatic N) is 1. The van der Waals surface area contributed by atoms with E-state index in [-0.39, 0.29) is 29.5 Å². The molecule has 0 saturated carbocycles. The fraction of sp³-hybridized carbons (Fsp3) is 0.105. The van der Waals surface area contributed by atoms with Gasteiger partial charge < -0.3 is 24.0 Å². The molecule has 24 heavy (non-hydrogen) atoms. The highest BCUT2D eigenvalue weighted by molar-refractivity contribution is 5.77. The van der Waals surface area contributed by atoms with Crippen molar-refractivity contribution in [2.45, 2.75) is 6.18 Å². The maximum Gasteiger partial charge on any atom is 0.416 e. The van der Waals surface area contributed by atoms with E-state index in [9.17, 15) is 13.2 Å². The maximum atomic E-state index is 13.0. The number of benzene rings is 2. The summed E-state index contributed by atoms with van der Waals surface area (Å²) in [5, 5.41) is 1.09. The van der Waals surface area contributed by atoms with E-state index in [1.165, 1.54) is 18.2 Å². The van der Waals surface area contributed by atoms with E-state index >= 15 is 0 Å². The monoisotopic (exact) mass is 441 g/mol. The third-order valence-electron chi connectivity index (χ3n) is 3.82. The third kappa shape index (κ3) is 3.77. The Labute approximate surface area is 155 Å². The van der Waals surface area contributed by atoms with Gasteiger partial charge in [-0.1, -0.05) is 30.3 Å². The molecule has 0 saturated heterocycles. The van der Waals surface area contributed by atoms with Crippen molar-refractivity contribution >= 4 is 23.1 Å². The Bertz CT molecular complexity index is 885. The van der Waals surface area contributed by atoms with Gasteiger partial charge in [-0.2, -0.15) is 17.7 Å². The van der Waals surface area contributed by atoms with Crippen LogP contribution >= 0.6 is 0 Å². The van der Waals surface area contributed by atoms with Crippen LogP contribution in [0.15, 0.2) is 60.7 Å². The van der Waals surface area contributed by atoms with Crippen molar-refractivity contribution in [1.82, 2.24) is 0 Å². The van der Waals surface area contributed by atoms with Gasteiger partial charge in [0.15, 0.2) is 0 Å². The highest BCUT2D eigenvalue weighted by atomic mass is 127. The molecule has 1 aromatic heterocycles. The van der Waals surface area contributed by atoms with Gasteiger partial charge in [-0.05, 0) is 29.8 Å². The lowest BCUT2D eigenvalue weighted by Crippen LogP contribution is -3.00. The van der Waals surface area contributed by atoms with Crippen LogP contribution in [0.4, 0.5) is 13.2 Å². The average Bonchev–Trinajstić information content (AvgIpc) is 2.54. The largest absolute Gasteiger partial charge is 1.00 e. The van der Waals surface area contributed by atoms with Gasteiger partial charge in [0.2, 0.25) is 11.2 Å². The van der Waals surface area contributed by atoms with Crippen LogP contribution in [0.2, 0.25) is 0 Å². The minimum Gasteiger partial charge on any atom is -1.00 e. The molecule has 5 heteroatoms. The summed E-state index contributed by atoms with van der Waals surface area (Å²) in [7, 11) is 1.90. The molecular formula is C19H15F3IN. The molecule has 124 valence electrons. The van der Waals surface area contributed by atoms with E-state index < -0.39 is 11.7 Å². The first kappa shape index (κ1) is 18.4. The van der Waals surface area contributed by atoms with Crippen molar-refractivity contribution in [2.24, 2.45) is 7.05 Å². The molecule has 0 atom stereocenters. The summed E-state index contributed by atoms with van der Waals surface area (Å²) in [6, 6.07) is 17.3. The molecule has 0 N–H and O–H groups in total. The number of aryl methyl sites for hydroxylation is 1. The van der Waals surface area contributed by atoms with E-state index in [1.807, 2.05) is 48.0 Å². The van der Waals surface area contributed by atoms with E-state index in [2.05, 4.69) is 0 Å². The van der Waals surface area contributed by atoms with Crippen molar-refractivity contribution in [3.63, 3.8) is 0 Å². The summed E-state index contributed by atoms with van der Waals surface area (Å²) in [6.07, 6.45) is -1.14. The number of aromatic nitrogens is 1. The lowest BCUT2D eigenvalue weighted by molar-refractivity contribution is -0.646. The lowest BCUT2D eigenvalue weighted by Gasteiger charge is -2.09. The smallest absolute Gasteiger partial charge is 0.416 e. The highest BCUT2D eigenvalue weighted by Gasteiger charge is 2.32. The Morgan fingerprint density at radius 2 is 1.50 bits per heavy atom. The van der Waals surface area contributed by atoms with Crippen molar-refractivity contribution in [3.8, 4) is 0 Å². The van der Waals surface area contributed by atoms with E-state index in [0.717, 1.165) is 22.7 Å². The molecule has 0 unspecified atom stereocenters. The molecule has 0 amide bonds. The number of alkyl halides is 3. The molecule has 1 nitrogen and oxygen atoms in total. The number of para-hydroxylation sites is 1. The summed E-state index contributed by atoms with van der Waals surface area (Å²) in [6.45, 7) is 0. The first-order chi connectivity index (χ1) is 11.0. The van der Waals surface area contributed by atoms with Crippen LogP contribution in [0, 0.1) is 0 Å². The Morgan fingerprint density at radius 1 is 0.833 bits per heavy atom.